The number of nitrogens with one attached hydrogen (secondary N) is 1. The quantitative estimate of drug-likeness (QED) is 0.588. The van der Waals surface area contributed by atoms with E-state index in [1.165, 1.54) is 18.4 Å². The number of thiazole rings is 1. The number of rotatable bonds is 8. The molecule has 1 aromatic rings. The summed E-state index contributed by atoms with van der Waals surface area (Å²) in [6, 6.07) is 0. The van der Waals surface area contributed by atoms with E-state index in [9.17, 15) is 4.79 Å². The van der Waals surface area contributed by atoms with Crippen LogP contribution in [-0.4, -0.2) is 37.8 Å². The van der Waals surface area contributed by atoms with E-state index in [0.717, 1.165) is 31.3 Å². The van der Waals surface area contributed by atoms with Crippen LogP contribution in [0.5, 0.6) is 0 Å². The Hall–Kier alpha value is -1.14. The van der Waals surface area contributed by atoms with E-state index in [1.54, 1.807) is 6.92 Å². The smallest absolute Gasteiger partial charge is 0.350 e. The normalized spacial score (nSPS) is 10.8. The molecule has 1 N–H and O–H groups in total. The Morgan fingerprint density at radius 1 is 1.47 bits per heavy atom. The lowest BCUT2D eigenvalue weighted by Crippen LogP contribution is -2.08. The molecule has 1 rings (SSSR count). The van der Waals surface area contributed by atoms with Crippen molar-refractivity contribution in [1.29, 1.82) is 0 Å². The van der Waals surface area contributed by atoms with Gasteiger partial charge in [0, 0.05) is 19.8 Å². The molecular weight excluding hydrogens is 264 g/mol. The fraction of sp³-hybridized carbons (Fsp3) is 0.692. The van der Waals surface area contributed by atoms with Crippen LogP contribution >= 0.6 is 11.3 Å². The van der Waals surface area contributed by atoms with Crippen molar-refractivity contribution in [1.82, 2.24) is 4.98 Å². The number of aryl methyl sites for hydroxylation is 1. The van der Waals surface area contributed by atoms with E-state index >= 15 is 0 Å². The molecule has 1 aromatic heterocycles. The fourth-order valence-corrected chi connectivity index (χ4v) is 2.35. The third-order valence-corrected chi connectivity index (χ3v) is 3.46. The average Bonchev–Trinajstić information content (AvgIpc) is 2.73. The van der Waals surface area contributed by atoms with Crippen LogP contribution in [0.15, 0.2) is 0 Å². The minimum atomic E-state index is -0.330. The maximum Gasteiger partial charge on any atom is 0.350 e. The van der Waals surface area contributed by atoms with Crippen LogP contribution in [0.25, 0.3) is 0 Å². The highest BCUT2D eigenvalue weighted by Gasteiger charge is 2.15. The minimum Gasteiger partial charge on any atom is -0.465 e. The molecule has 108 valence electrons. The molecule has 1 heterocycles. The Kier molecular flexibility index (Phi) is 6.80. The van der Waals surface area contributed by atoms with E-state index in [1.807, 2.05) is 0 Å². The molecule has 0 aromatic carbocycles. The predicted octanol–water partition coefficient (Wildman–Crippen LogP) is 2.71. The monoisotopic (exact) mass is 286 g/mol. The van der Waals surface area contributed by atoms with Crippen LogP contribution in [0.1, 0.15) is 35.6 Å². The first-order valence-electron chi connectivity index (χ1n) is 6.42. The standard InChI is InChI=1S/C13H22N2O3S/c1-9(2)8-18-7-5-6-14-13-15-10(3)11(19-13)12(16)17-4/h9H,5-8H2,1-4H3,(H,14,15). The average molecular weight is 286 g/mol. The van der Waals surface area contributed by atoms with Gasteiger partial charge in [-0.2, -0.15) is 0 Å². The molecule has 6 heteroatoms. The number of ether oxygens (including phenoxy) is 2. The van der Waals surface area contributed by atoms with E-state index in [0.29, 0.717) is 16.5 Å². The van der Waals surface area contributed by atoms with E-state index in [4.69, 9.17) is 9.47 Å². The summed E-state index contributed by atoms with van der Waals surface area (Å²) in [5.74, 6) is 0.237. The Balaban J connectivity index is 2.28. The Labute approximate surface area is 118 Å². The van der Waals surface area contributed by atoms with Gasteiger partial charge in [-0.3, -0.25) is 0 Å². The van der Waals surface area contributed by atoms with Crippen molar-refractivity contribution in [3.8, 4) is 0 Å². The zero-order chi connectivity index (χ0) is 14.3. The van der Waals surface area contributed by atoms with E-state index in [2.05, 4.69) is 24.1 Å². The van der Waals surface area contributed by atoms with Crippen LogP contribution in [0.2, 0.25) is 0 Å². The second-order valence-electron chi connectivity index (χ2n) is 4.67. The second-order valence-corrected chi connectivity index (χ2v) is 5.67. The molecule has 19 heavy (non-hydrogen) atoms. The van der Waals surface area contributed by atoms with Crippen LogP contribution in [0, 0.1) is 12.8 Å². The number of esters is 1. The zero-order valence-corrected chi connectivity index (χ0v) is 12.8. The van der Waals surface area contributed by atoms with E-state index < -0.39 is 0 Å². The Morgan fingerprint density at radius 2 is 2.21 bits per heavy atom. The van der Waals surface area contributed by atoms with Crippen molar-refractivity contribution in [2.24, 2.45) is 5.92 Å². The second kappa shape index (κ2) is 8.12. The molecule has 0 aliphatic carbocycles. The molecular formula is C13H22N2O3S. The molecule has 0 bridgehead atoms. The SMILES string of the molecule is COC(=O)c1sc(NCCCOCC(C)C)nc1C. The molecule has 0 amide bonds. The van der Waals surface area contributed by atoms with Gasteiger partial charge in [0.15, 0.2) is 5.13 Å². The lowest BCUT2D eigenvalue weighted by Gasteiger charge is -2.06. The molecule has 0 aliphatic heterocycles. The van der Waals surface area contributed by atoms with Gasteiger partial charge in [-0.1, -0.05) is 25.2 Å². The first kappa shape index (κ1) is 15.9. The van der Waals surface area contributed by atoms with Gasteiger partial charge in [0.1, 0.15) is 4.88 Å². The molecule has 0 spiro atoms. The van der Waals surface area contributed by atoms with E-state index in [-0.39, 0.29) is 5.97 Å². The maximum absolute atomic E-state index is 11.4. The van der Waals surface area contributed by atoms with Gasteiger partial charge in [0.2, 0.25) is 0 Å². The molecule has 0 unspecified atom stereocenters. The fourth-order valence-electron chi connectivity index (χ4n) is 1.44. The summed E-state index contributed by atoms with van der Waals surface area (Å²) in [5.41, 5.74) is 0.704. The first-order valence-corrected chi connectivity index (χ1v) is 7.23. The summed E-state index contributed by atoms with van der Waals surface area (Å²) in [6.07, 6.45) is 0.916. The van der Waals surface area contributed by atoms with Crippen molar-refractivity contribution >= 4 is 22.4 Å². The topological polar surface area (TPSA) is 60.5 Å². The Bertz CT molecular complexity index is 405. The number of carbonyl (C=O) groups excluding carboxylic acids is 1. The number of methoxy groups -OCH3 is 1. The lowest BCUT2D eigenvalue weighted by atomic mass is 10.2. The third kappa shape index (κ3) is 5.57. The van der Waals surface area contributed by atoms with Crippen LogP contribution in [0.3, 0.4) is 0 Å². The highest BCUT2D eigenvalue weighted by molar-refractivity contribution is 7.17. The van der Waals surface area contributed by atoms with Gasteiger partial charge in [-0.25, -0.2) is 9.78 Å². The van der Waals surface area contributed by atoms with Crippen molar-refractivity contribution in [2.45, 2.75) is 27.2 Å². The van der Waals surface area contributed by atoms with Gasteiger partial charge in [0.25, 0.3) is 0 Å². The van der Waals surface area contributed by atoms with Gasteiger partial charge >= 0.3 is 5.97 Å². The number of anilines is 1. The summed E-state index contributed by atoms with van der Waals surface area (Å²) in [5, 5.41) is 3.94. The molecule has 5 nitrogen and oxygen atoms in total. The van der Waals surface area contributed by atoms with Crippen molar-refractivity contribution in [3.05, 3.63) is 10.6 Å². The summed E-state index contributed by atoms with van der Waals surface area (Å²) in [6.45, 7) is 8.38. The van der Waals surface area contributed by atoms with Crippen LogP contribution in [0.4, 0.5) is 5.13 Å². The summed E-state index contributed by atoms with van der Waals surface area (Å²) < 4.78 is 10.2. The van der Waals surface area contributed by atoms with Crippen molar-refractivity contribution in [2.75, 3.05) is 32.2 Å². The minimum absolute atomic E-state index is 0.330. The van der Waals surface area contributed by atoms with Gasteiger partial charge in [-0.05, 0) is 19.3 Å². The third-order valence-electron chi connectivity index (χ3n) is 2.36. The number of nitrogens with zero attached hydrogens (tertiary/aromatic N) is 1. The molecule has 0 saturated heterocycles. The first-order chi connectivity index (χ1) is 9.04. The van der Waals surface area contributed by atoms with Crippen molar-refractivity contribution < 1.29 is 14.3 Å². The lowest BCUT2D eigenvalue weighted by molar-refractivity contribution is 0.0605. The number of hydrogen-bond donors (Lipinski definition) is 1. The van der Waals surface area contributed by atoms with Crippen LogP contribution in [-0.2, 0) is 9.47 Å². The highest BCUT2D eigenvalue weighted by Crippen LogP contribution is 2.22. The Morgan fingerprint density at radius 3 is 2.84 bits per heavy atom. The number of carbonyl (C=O) groups is 1. The summed E-state index contributed by atoms with van der Waals surface area (Å²) in [7, 11) is 1.38. The zero-order valence-electron chi connectivity index (χ0n) is 12.0. The molecule has 0 saturated carbocycles. The number of hydrogen-bond acceptors (Lipinski definition) is 6. The maximum atomic E-state index is 11.4. The molecule has 0 atom stereocenters. The van der Waals surface area contributed by atoms with Crippen LogP contribution < -0.4 is 5.32 Å². The van der Waals surface area contributed by atoms with Gasteiger partial charge in [0.05, 0.1) is 12.8 Å². The van der Waals surface area contributed by atoms with Gasteiger partial charge in [-0.15, -0.1) is 0 Å². The van der Waals surface area contributed by atoms with Gasteiger partial charge < -0.3 is 14.8 Å². The summed E-state index contributed by atoms with van der Waals surface area (Å²) in [4.78, 5) is 16.3. The van der Waals surface area contributed by atoms with Crippen molar-refractivity contribution in [3.63, 3.8) is 0 Å². The molecule has 0 radical (unpaired) electrons. The predicted molar refractivity (Wildman–Crippen MR) is 77.0 cm³/mol. The molecule has 0 fully saturated rings. The highest BCUT2D eigenvalue weighted by atomic mass is 32.1. The largest absolute Gasteiger partial charge is 0.465 e. The summed E-state index contributed by atoms with van der Waals surface area (Å²) >= 11 is 1.32. The number of aromatic nitrogens is 1. The molecule has 0 aliphatic rings.